The number of halogens is 1. The Morgan fingerprint density at radius 2 is 1.83 bits per heavy atom. The standard InChI is InChI=1S/C18H21ClN2O.BH3/c19-16-3-1-12(2-4-16)8-20-18(22)7-17-14-5-13-6-15(17)11-21(9-13)10-14;/h1-4,7,13-15H,5-6,8-11H2,(H,20,22);1H3. The molecule has 0 radical (unpaired) electrons. The number of carbonyl (C=O) groups is 1. The molecule has 4 bridgehead atoms. The summed E-state index contributed by atoms with van der Waals surface area (Å²) in [5.41, 5.74) is 2.48. The fourth-order valence-corrected chi connectivity index (χ4v) is 4.58. The van der Waals surface area contributed by atoms with Crippen LogP contribution in [0.2, 0.25) is 5.02 Å². The van der Waals surface area contributed by atoms with Crippen molar-refractivity contribution in [3.8, 4) is 0 Å². The molecule has 1 saturated carbocycles. The maximum Gasteiger partial charge on any atom is 0.244 e. The average molecular weight is 331 g/mol. The van der Waals surface area contributed by atoms with Crippen molar-refractivity contribution in [2.24, 2.45) is 17.8 Å². The first-order chi connectivity index (χ1) is 10.7. The van der Waals surface area contributed by atoms with E-state index >= 15 is 0 Å². The minimum Gasteiger partial charge on any atom is -0.348 e. The number of hydrogen-bond donors (Lipinski definition) is 1. The first-order valence-corrected chi connectivity index (χ1v) is 8.51. The molecule has 3 nitrogen and oxygen atoms in total. The second kappa shape index (κ2) is 6.70. The highest BCUT2D eigenvalue weighted by Crippen LogP contribution is 2.46. The average Bonchev–Trinajstić information content (AvgIpc) is 2.50. The smallest absolute Gasteiger partial charge is 0.244 e. The van der Waals surface area contributed by atoms with Gasteiger partial charge < -0.3 is 10.2 Å². The summed E-state index contributed by atoms with van der Waals surface area (Å²) < 4.78 is 0. The lowest BCUT2D eigenvalue weighted by Crippen LogP contribution is -2.54. The second-order valence-electron chi connectivity index (χ2n) is 6.94. The lowest BCUT2D eigenvalue weighted by atomic mass is 9.65. The van der Waals surface area contributed by atoms with E-state index in [2.05, 4.69) is 10.2 Å². The second-order valence-corrected chi connectivity index (χ2v) is 7.37. The Bertz CT molecular complexity index is 584. The zero-order valence-corrected chi connectivity index (χ0v) is 13.4. The molecule has 3 aliphatic heterocycles. The van der Waals surface area contributed by atoms with Gasteiger partial charge in [0.1, 0.15) is 0 Å². The van der Waals surface area contributed by atoms with E-state index in [1.54, 1.807) is 0 Å². The third kappa shape index (κ3) is 3.48. The molecule has 5 heteroatoms. The Kier molecular flexibility index (Phi) is 4.83. The molecule has 1 amide bonds. The van der Waals surface area contributed by atoms with Crippen LogP contribution < -0.4 is 5.32 Å². The summed E-state index contributed by atoms with van der Waals surface area (Å²) in [4.78, 5) is 14.8. The van der Waals surface area contributed by atoms with Crippen molar-refractivity contribution in [1.29, 1.82) is 0 Å². The molecule has 3 heterocycles. The van der Waals surface area contributed by atoms with Crippen LogP contribution in [-0.4, -0.2) is 38.9 Å². The fraction of sp³-hybridized carbons (Fsp3) is 0.500. The van der Waals surface area contributed by atoms with Gasteiger partial charge in [-0.2, -0.15) is 0 Å². The molecule has 0 spiro atoms. The van der Waals surface area contributed by atoms with E-state index in [1.165, 1.54) is 25.0 Å². The van der Waals surface area contributed by atoms with E-state index in [4.69, 9.17) is 11.6 Å². The van der Waals surface area contributed by atoms with E-state index in [1.807, 2.05) is 30.3 Å². The number of benzene rings is 1. The highest BCUT2D eigenvalue weighted by atomic mass is 35.5. The molecule has 4 fully saturated rings. The van der Waals surface area contributed by atoms with Crippen molar-refractivity contribution < 1.29 is 4.79 Å². The molecule has 5 rings (SSSR count). The van der Waals surface area contributed by atoms with Gasteiger partial charge in [0.2, 0.25) is 5.91 Å². The topological polar surface area (TPSA) is 32.3 Å². The maximum atomic E-state index is 12.2. The Hall–Kier alpha value is -1.26. The normalized spacial score (nSPS) is 30.7. The number of amides is 1. The Morgan fingerprint density at radius 3 is 2.43 bits per heavy atom. The van der Waals surface area contributed by atoms with E-state index in [0.717, 1.165) is 29.6 Å². The number of carbonyl (C=O) groups excluding carboxylic acids is 1. The summed E-state index contributed by atoms with van der Waals surface area (Å²) in [5, 5.41) is 3.73. The van der Waals surface area contributed by atoms with Gasteiger partial charge in [-0.05, 0) is 48.3 Å². The van der Waals surface area contributed by atoms with Crippen molar-refractivity contribution in [2.75, 3.05) is 19.6 Å². The molecule has 23 heavy (non-hydrogen) atoms. The Morgan fingerprint density at radius 1 is 1.17 bits per heavy atom. The summed E-state index contributed by atoms with van der Waals surface area (Å²) in [5.74, 6) is 2.15. The molecule has 4 aliphatic rings. The van der Waals surface area contributed by atoms with E-state index in [9.17, 15) is 4.79 Å². The molecule has 1 N–H and O–H groups in total. The molecule has 0 aromatic heterocycles. The maximum absolute atomic E-state index is 12.2. The fourth-order valence-electron chi connectivity index (χ4n) is 4.46. The summed E-state index contributed by atoms with van der Waals surface area (Å²) in [6.07, 6.45) is 4.46. The lowest BCUT2D eigenvalue weighted by Gasteiger charge is -2.53. The summed E-state index contributed by atoms with van der Waals surface area (Å²) in [7, 11) is 0. The number of hydrogen-bond acceptors (Lipinski definition) is 2. The van der Waals surface area contributed by atoms with Gasteiger partial charge in [0.05, 0.1) is 8.41 Å². The number of nitrogens with one attached hydrogen (secondary N) is 1. The quantitative estimate of drug-likeness (QED) is 0.675. The van der Waals surface area contributed by atoms with Crippen LogP contribution in [0.25, 0.3) is 0 Å². The van der Waals surface area contributed by atoms with E-state index in [-0.39, 0.29) is 14.3 Å². The van der Waals surface area contributed by atoms with Crippen LogP contribution in [0.4, 0.5) is 0 Å². The van der Waals surface area contributed by atoms with Gasteiger partial charge in [-0.15, -0.1) is 0 Å². The van der Waals surface area contributed by atoms with Crippen LogP contribution in [0.15, 0.2) is 35.9 Å². The minimum absolute atomic E-state index is 0. The van der Waals surface area contributed by atoms with Crippen LogP contribution >= 0.6 is 11.6 Å². The van der Waals surface area contributed by atoms with Gasteiger partial charge in [-0.3, -0.25) is 4.79 Å². The summed E-state index contributed by atoms with van der Waals surface area (Å²) in [6.45, 7) is 4.15. The summed E-state index contributed by atoms with van der Waals surface area (Å²) >= 11 is 5.87. The van der Waals surface area contributed by atoms with Gasteiger partial charge in [-0.1, -0.05) is 29.3 Å². The number of rotatable bonds is 3. The Balaban J connectivity index is 0.00000156. The van der Waals surface area contributed by atoms with Crippen molar-refractivity contribution >= 4 is 25.9 Å². The molecular weight excluding hydrogens is 306 g/mol. The van der Waals surface area contributed by atoms with Crippen LogP contribution in [0.3, 0.4) is 0 Å². The predicted molar refractivity (Wildman–Crippen MR) is 97.5 cm³/mol. The molecule has 1 aliphatic carbocycles. The number of nitrogens with zero attached hydrogens (tertiary/aromatic N) is 1. The van der Waals surface area contributed by atoms with Gasteiger partial charge in [0.15, 0.2) is 0 Å². The molecule has 1 aromatic rings. The molecule has 3 saturated heterocycles. The SMILES string of the molecule is B.O=C(C=C1C2CC3CC1CN(C3)C2)NCc1ccc(Cl)cc1. The third-order valence-electron chi connectivity index (χ3n) is 5.33. The highest BCUT2D eigenvalue weighted by molar-refractivity contribution is 6.30. The first kappa shape index (κ1) is 16.6. The van der Waals surface area contributed by atoms with Crippen LogP contribution in [-0.2, 0) is 11.3 Å². The van der Waals surface area contributed by atoms with Crippen molar-refractivity contribution in [3.05, 3.63) is 46.5 Å². The van der Waals surface area contributed by atoms with Crippen molar-refractivity contribution in [2.45, 2.75) is 19.4 Å². The van der Waals surface area contributed by atoms with Gasteiger partial charge >= 0.3 is 0 Å². The summed E-state index contributed by atoms with van der Waals surface area (Å²) in [6, 6.07) is 7.61. The van der Waals surface area contributed by atoms with Gasteiger partial charge in [0.25, 0.3) is 0 Å². The van der Waals surface area contributed by atoms with Crippen molar-refractivity contribution in [1.82, 2.24) is 10.2 Å². The predicted octanol–water partition coefficient (Wildman–Crippen LogP) is 1.67. The van der Waals surface area contributed by atoms with E-state index < -0.39 is 0 Å². The first-order valence-electron chi connectivity index (χ1n) is 8.13. The number of piperidine rings is 3. The lowest BCUT2D eigenvalue weighted by molar-refractivity contribution is -0.116. The van der Waals surface area contributed by atoms with Crippen molar-refractivity contribution in [3.63, 3.8) is 0 Å². The van der Waals surface area contributed by atoms with Crippen LogP contribution in [0, 0.1) is 17.8 Å². The molecule has 2 atom stereocenters. The minimum atomic E-state index is 0. The van der Waals surface area contributed by atoms with Crippen LogP contribution in [0.1, 0.15) is 18.4 Å². The molecule has 2 unspecified atom stereocenters. The van der Waals surface area contributed by atoms with E-state index in [0.29, 0.717) is 18.4 Å². The third-order valence-corrected chi connectivity index (χ3v) is 5.58. The molecule has 122 valence electrons. The Labute approximate surface area is 144 Å². The zero-order chi connectivity index (χ0) is 15.1. The monoisotopic (exact) mass is 330 g/mol. The largest absolute Gasteiger partial charge is 0.348 e. The molecule has 1 aromatic carbocycles. The van der Waals surface area contributed by atoms with Gasteiger partial charge in [-0.25, -0.2) is 0 Å². The zero-order valence-electron chi connectivity index (χ0n) is 12.6. The van der Waals surface area contributed by atoms with Gasteiger partial charge in [0, 0.05) is 37.3 Å². The highest BCUT2D eigenvalue weighted by Gasteiger charge is 2.44. The van der Waals surface area contributed by atoms with Crippen LogP contribution in [0.5, 0.6) is 0 Å². The molecular formula is C18H24BClN2O.